The molecule has 1 amide bonds. The Labute approximate surface area is 127 Å². The molecule has 0 aliphatic carbocycles. The van der Waals surface area contributed by atoms with Crippen molar-refractivity contribution in [3.8, 4) is 0 Å². The van der Waals surface area contributed by atoms with Gasteiger partial charge in [-0.2, -0.15) is 0 Å². The fourth-order valence-electron chi connectivity index (χ4n) is 2.62. The molecule has 0 saturated carbocycles. The normalized spacial score (nSPS) is 27.7. The summed E-state index contributed by atoms with van der Waals surface area (Å²) in [6.07, 6.45) is -1.09. The molecule has 3 N–H and O–H groups in total. The lowest BCUT2D eigenvalue weighted by Gasteiger charge is -2.29. The zero-order valence-corrected chi connectivity index (χ0v) is 12.2. The molecular formula is C15H19NO6. The molecule has 1 aromatic carbocycles. The molecule has 7 nitrogen and oxygen atoms in total. The van der Waals surface area contributed by atoms with Crippen molar-refractivity contribution in [3.05, 3.63) is 35.9 Å². The molecule has 0 spiro atoms. The molecule has 1 unspecified atom stereocenters. The Hall–Kier alpha value is -2.12. The number of nitrogens with zero attached hydrogens (tertiary/aromatic N) is 1. The SMILES string of the molecule is C[C@@]1(C(=O)O)CC(O)(CO)CN1C(=O)OCc1ccccc1. The summed E-state index contributed by atoms with van der Waals surface area (Å²) in [6, 6.07) is 8.97. The molecule has 1 aliphatic rings. The third-order valence-corrected chi connectivity index (χ3v) is 3.90. The van der Waals surface area contributed by atoms with Crippen molar-refractivity contribution in [2.75, 3.05) is 13.2 Å². The highest BCUT2D eigenvalue weighted by Gasteiger charge is 2.56. The molecule has 0 radical (unpaired) electrons. The average Bonchev–Trinajstić information content (AvgIpc) is 2.80. The number of hydrogen-bond acceptors (Lipinski definition) is 5. The molecule has 1 heterocycles. The van der Waals surface area contributed by atoms with Crippen molar-refractivity contribution in [1.82, 2.24) is 4.90 Å². The third-order valence-electron chi connectivity index (χ3n) is 3.90. The number of ether oxygens (including phenoxy) is 1. The van der Waals surface area contributed by atoms with Crippen molar-refractivity contribution in [2.24, 2.45) is 0 Å². The Kier molecular flexibility index (Phi) is 4.39. The van der Waals surface area contributed by atoms with Gasteiger partial charge in [-0.25, -0.2) is 9.59 Å². The van der Waals surface area contributed by atoms with Gasteiger partial charge in [-0.3, -0.25) is 4.90 Å². The van der Waals surface area contributed by atoms with Crippen molar-refractivity contribution >= 4 is 12.1 Å². The summed E-state index contributed by atoms with van der Waals surface area (Å²) in [5.41, 5.74) is -2.49. The number of hydrogen-bond donors (Lipinski definition) is 3. The standard InChI is InChI=1S/C15H19NO6/c1-14(12(18)19)8-15(21,10-17)9-16(14)13(20)22-7-11-5-3-2-4-6-11/h2-6,17,21H,7-10H2,1H3,(H,18,19)/t14-,15?/m0/s1. The van der Waals surface area contributed by atoms with E-state index in [1.807, 2.05) is 6.07 Å². The summed E-state index contributed by atoms with van der Waals surface area (Å²) in [6.45, 7) is 0.411. The Morgan fingerprint density at radius 2 is 1.95 bits per heavy atom. The Morgan fingerprint density at radius 3 is 2.50 bits per heavy atom. The molecule has 7 heteroatoms. The third kappa shape index (κ3) is 3.05. The van der Waals surface area contributed by atoms with Crippen LogP contribution in [-0.4, -0.2) is 56.6 Å². The quantitative estimate of drug-likeness (QED) is 0.751. The summed E-state index contributed by atoms with van der Waals surface area (Å²) < 4.78 is 5.13. The summed E-state index contributed by atoms with van der Waals surface area (Å²) in [5, 5.41) is 28.7. The van der Waals surface area contributed by atoms with E-state index in [1.165, 1.54) is 6.92 Å². The largest absolute Gasteiger partial charge is 0.480 e. The predicted octanol–water partition coefficient (Wildman–Crippen LogP) is 0.596. The van der Waals surface area contributed by atoms with Crippen LogP contribution in [0, 0.1) is 0 Å². The summed E-state index contributed by atoms with van der Waals surface area (Å²) in [5.74, 6) is -1.26. The highest BCUT2D eigenvalue weighted by molar-refractivity contribution is 5.85. The molecule has 0 aromatic heterocycles. The van der Waals surface area contributed by atoms with E-state index >= 15 is 0 Å². The fourth-order valence-corrected chi connectivity index (χ4v) is 2.62. The number of benzene rings is 1. The average molecular weight is 309 g/mol. The van der Waals surface area contributed by atoms with Gasteiger partial charge in [0.15, 0.2) is 0 Å². The predicted molar refractivity (Wildman–Crippen MR) is 76.0 cm³/mol. The van der Waals surface area contributed by atoms with Crippen LogP contribution in [0.25, 0.3) is 0 Å². The Balaban J connectivity index is 2.11. The minimum Gasteiger partial charge on any atom is -0.480 e. The van der Waals surface area contributed by atoms with Gasteiger partial charge >= 0.3 is 12.1 Å². The lowest BCUT2D eigenvalue weighted by Crippen LogP contribution is -2.50. The lowest BCUT2D eigenvalue weighted by atomic mass is 9.92. The second-order valence-corrected chi connectivity index (χ2v) is 5.76. The maximum absolute atomic E-state index is 12.2. The molecule has 1 aromatic rings. The van der Waals surface area contributed by atoms with Crippen LogP contribution in [0.5, 0.6) is 0 Å². The topological polar surface area (TPSA) is 107 Å². The summed E-state index contributed by atoms with van der Waals surface area (Å²) >= 11 is 0. The highest BCUT2D eigenvalue weighted by Crippen LogP contribution is 2.36. The Bertz CT molecular complexity index is 562. The van der Waals surface area contributed by atoms with E-state index in [1.54, 1.807) is 24.3 Å². The van der Waals surface area contributed by atoms with E-state index in [-0.39, 0.29) is 19.6 Å². The van der Waals surface area contributed by atoms with E-state index in [0.717, 1.165) is 10.5 Å². The number of aliphatic hydroxyl groups excluding tert-OH is 1. The van der Waals surface area contributed by atoms with Gasteiger partial charge in [0.25, 0.3) is 0 Å². The molecule has 22 heavy (non-hydrogen) atoms. The minimum absolute atomic E-state index is 0.00340. The van der Waals surface area contributed by atoms with Crippen molar-refractivity contribution < 1.29 is 29.6 Å². The fraction of sp³-hybridized carbons (Fsp3) is 0.467. The van der Waals surface area contributed by atoms with Gasteiger partial charge in [-0.15, -0.1) is 0 Å². The van der Waals surface area contributed by atoms with E-state index in [0.29, 0.717) is 0 Å². The Morgan fingerprint density at radius 1 is 1.32 bits per heavy atom. The van der Waals surface area contributed by atoms with Gasteiger partial charge in [-0.05, 0) is 12.5 Å². The number of carboxylic acid groups (broad SMARTS) is 1. The zero-order chi connectivity index (χ0) is 16.4. The molecule has 2 atom stereocenters. The van der Waals surface area contributed by atoms with Gasteiger partial charge in [0.2, 0.25) is 0 Å². The molecular weight excluding hydrogens is 290 g/mol. The number of likely N-dealkylation sites (tertiary alicyclic amines) is 1. The first-order valence-electron chi connectivity index (χ1n) is 6.86. The van der Waals surface area contributed by atoms with Gasteiger partial charge in [0.1, 0.15) is 17.7 Å². The van der Waals surface area contributed by atoms with Crippen LogP contribution in [0.4, 0.5) is 4.79 Å². The second kappa shape index (κ2) is 5.94. The molecule has 0 bridgehead atoms. The zero-order valence-electron chi connectivity index (χ0n) is 12.2. The number of β-amino-alcohol motifs (C(OH)–C–C–N with tert-alkyl or cyclic N) is 1. The van der Waals surface area contributed by atoms with Crippen LogP contribution in [-0.2, 0) is 16.1 Å². The van der Waals surface area contributed by atoms with Gasteiger partial charge in [-0.1, -0.05) is 30.3 Å². The number of carbonyl (C=O) groups is 2. The van der Waals surface area contributed by atoms with Crippen molar-refractivity contribution in [3.63, 3.8) is 0 Å². The van der Waals surface area contributed by atoms with E-state index in [4.69, 9.17) is 4.74 Å². The van der Waals surface area contributed by atoms with Crippen LogP contribution in [0.1, 0.15) is 18.9 Å². The van der Waals surface area contributed by atoms with E-state index in [2.05, 4.69) is 0 Å². The summed E-state index contributed by atoms with van der Waals surface area (Å²) in [7, 11) is 0. The van der Waals surface area contributed by atoms with Crippen molar-refractivity contribution in [2.45, 2.75) is 31.1 Å². The van der Waals surface area contributed by atoms with Crippen LogP contribution >= 0.6 is 0 Å². The summed E-state index contributed by atoms with van der Waals surface area (Å²) in [4.78, 5) is 24.6. The number of carboxylic acids is 1. The monoisotopic (exact) mass is 309 g/mol. The number of aliphatic hydroxyl groups is 2. The number of aliphatic carboxylic acids is 1. The van der Waals surface area contributed by atoms with E-state index in [9.17, 15) is 24.9 Å². The number of carbonyl (C=O) groups excluding carboxylic acids is 1. The van der Waals surface area contributed by atoms with Gasteiger partial charge < -0.3 is 20.1 Å². The second-order valence-electron chi connectivity index (χ2n) is 5.76. The molecule has 2 rings (SSSR count). The van der Waals surface area contributed by atoms with E-state index < -0.39 is 29.8 Å². The number of rotatable bonds is 4. The van der Waals surface area contributed by atoms with Crippen LogP contribution < -0.4 is 0 Å². The highest BCUT2D eigenvalue weighted by atomic mass is 16.6. The molecule has 1 aliphatic heterocycles. The lowest BCUT2D eigenvalue weighted by molar-refractivity contribution is -0.148. The maximum atomic E-state index is 12.2. The molecule has 120 valence electrons. The first-order chi connectivity index (χ1) is 10.3. The van der Waals surface area contributed by atoms with Crippen LogP contribution in [0.15, 0.2) is 30.3 Å². The smallest absolute Gasteiger partial charge is 0.411 e. The number of amides is 1. The maximum Gasteiger partial charge on any atom is 0.411 e. The minimum atomic E-state index is -1.64. The van der Waals surface area contributed by atoms with Gasteiger partial charge in [0, 0.05) is 6.42 Å². The molecule has 1 fully saturated rings. The first kappa shape index (κ1) is 16.3. The van der Waals surface area contributed by atoms with Crippen LogP contribution in [0.2, 0.25) is 0 Å². The van der Waals surface area contributed by atoms with Crippen LogP contribution in [0.3, 0.4) is 0 Å². The molecule has 1 saturated heterocycles. The van der Waals surface area contributed by atoms with Crippen molar-refractivity contribution in [1.29, 1.82) is 0 Å². The first-order valence-corrected chi connectivity index (χ1v) is 6.86. The van der Waals surface area contributed by atoms with Gasteiger partial charge in [0.05, 0.1) is 13.2 Å².